The van der Waals surface area contributed by atoms with E-state index in [0.29, 0.717) is 22.5 Å². The first-order chi connectivity index (χ1) is 12.2. The van der Waals surface area contributed by atoms with Gasteiger partial charge in [-0.25, -0.2) is 4.98 Å². The quantitative estimate of drug-likeness (QED) is 0.513. The van der Waals surface area contributed by atoms with Crippen molar-refractivity contribution in [2.24, 2.45) is 5.73 Å². The topological polar surface area (TPSA) is 116 Å². The Kier molecular flexibility index (Phi) is 3.98. The van der Waals surface area contributed by atoms with E-state index in [9.17, 15) is 4.79 Å². The molecule has 1 aromatic carbocycles. The number of carbonyl (C=O) groups excluding carboxylic acids is 1. The van der Waals surface area contributed by atoms with E-state index in [1.54, 1.807) is 23.0 Å². The van der Waals surface area contributed by atoms with Crippen LogP contribution in [0.1, 0.15) is 5.82 Å². The highest BCUT2D eigenvalue weighted by atomic mass is 32.2. The van der Waals surface area contributed by atoms with Gasteiger partial charge in [0.1, 0.15) is 12.4 Å². The van der Waals surface area contributed by atoms with Crippen molar-refractivity contribution in [3.63, 3.8) is 0 Å². The zero-order valence-corrected chi connectivity index (χ0v) is 13.9. The van der Waals surface area contributed by atoms with Crippen LogP contribution in [-0.2, 0) is 17.1 Å². The number of aromatic amines is 1. The number of nitrogens with one attached hydrogen (secondary N) is 1. The summed E-state index contributed by atoms with van der Waals surface area (Å²) in [5, 5.41) is 8.86. The predicted octanol–water partition coefficient (Wildman–Crippen LogP) is 2.19. The Balaban J connectivity index is 1.60. The van der Waals surface area contributed by atoms with Gasteiger partial charge in [-0.3, -0.25) is 9.36 Å². The van der Waals surface area contributed by atoms with Crippen molar-refractivity contribution in [1.29, 1.82) is 0 Å². The number of benzene rings is 1. The summed E-state index contributed by atoms with van der Waals surface area (Å²) in [5.74, 6) is 1.90. The zero-order valence-electron chi connectivity index (χ0n) is 13.0. The molecule has 0 saturated heterocycles. The average molecular weight is 354 g/mol. The van der Waals surface area contributed by atoms with Crippen molar-refractivity contribution in [3.05, 3.63) is 48.5 Å². The van der Waals surface area contributed by atoms with E-state index < -0.39 is 5.91 Å². The molecular formula is C16H14N6O2S. The molecule has 25 heavy (non-hydrogen) atoms. The molecule has 0 saturated carbocycles. The number of aromatic nitrogens is 5. The molecule has 3 aromatic heterocycles. The third kappa shape index (κ3) is 3.13. The van der Waals surface area contributed by atoms with Crippen LogP contribution < -0.4 is 5.73 Å². The largest absolute Gasteiger partial charge is 0.461 e. The van der Waals surface area contributed by atoms with Gasteiger partial charge in [0, 0.05) is 0 Å². The third-order valence-electron chi connectivity index (χ3n) is 3.55. The van der Waals surface area contributed by atoms with Crippen molar-refractivity contribution >= 4 is 28.7 Å². The van der Waals surface area contributed by atoms with Crippen LogP contribution in [0.4, 0.5) is 0 Å². The van der Waals surface area contributed by atoms with Crippen molar-refractivity contribution in [2.75, 3.05) is 0 Å². The maximum Gasteiger partial charge on any atom is 0.237 e. The molecule has 0 unspecified atom stereocenters. The number of amides is 1. The summed E-state index contributed by atoms with van der Waals surface area (Å²) in [5.41, 5.74) is 7.25. The van der Waals surface area contributed by atoms with Crippen molar-refractivity contribution < 1.29 is 9.21 Å². The molecular weight excluding hydrogens is 340 g/mol. The van der Waals surface area contributed by atoms with Crippen LogP contribution in [0.5, 0.6) is 0 Å². The maximum atomic E-state index is 11.4. The Morgan fingerprint density at radius 1 is 1.24 bits per heavy atom. The van der Waals surface area contributed by atoms with Crippen LogP contribution in [0, 0.1) is 0 Å². The van der Waals surface area contributed by atoms with Crippen LogP contribution in [0.3, 0.4) is 0 Å². The van der Waals surface area contributed by atoms with Crippen molar-refractivity contribution in [3.8, 4) is 11.6 Å². The molecule has 8 nitrogen and oxygen atoms in total. The van der Waals surface area contributed by atoms with Crippen molar-refractivity contribution in [1.82, 2.24) is 24.7 Å². The molecule has 1 amide bonds. The highest BCUT2D eigenvalue weighted by Crippen LogP contribution is 2.26. The van der Waals surface area contributed by atoms with E-state index in [4.69, 9.17) is 10.2 Å². The summed E-state index contributed by atoms with van der Waals surface area (Å²) in [6.45, 7) is -0.0223. The van der Waals surface area contributed by atoms with Gasteiger partial charge in [0.05, 0.1) is 23.0 Å². The molecule has 0 radical (unpaired) electrons. The first-order valence-corrected chi connectivity index (χ1v) is 8.51. The number of hydrogen-bond donors (Lipinski definition) is 2. The molecule has 126 valence electrons. The highest BCUT2D eigenvalue weighted by molar-refractivity contribution is 7.98. The van der Waals surface area contributed by atoms with Gasteiger partial charge in [0.2, 0.25) is 11.7 Å². The lowest BCUT2D eigenvalue weighted by atomic mass is 10.3. The fourth-order valence-corrected chi connectivity index (χ4v) is 3.30. The molecule has 0 aliphatic carbocycles. The normalized spacial score (nSPS) is 11.2. The van der Waals surface area contributed by atoms with Gasteiger partial charge < -0.3 is 15.1 Å². The van der Waals surface area contributed by atoms with Gasteiger partial charge in [-0.1, -0.05) is 23.9 Å². The lowest BCUT2D eigenvalue weighted by Gasteiger charge is -2.05. The molecule has 9 heteroatoms. The molecule has 3 heterocycles. The summed E-state index contributed by atoms with van der Waals surface area (Å²) in [6, 6.07) is 11.3. The number of furan rings is 1. The van der Waals surface area contributed by atoms with Crippen LogP contribution >= 0.6 is 11.8 Å². The van der Waals surface area contributed by atoms with Gasteiger partial charge >= 0.3 is 0 Å². The number of nitrogens with zero attached hydrogens (tertiary/aromatic N) is 4. The Labute approximate surface area is 146 Å². The number of fused-ring (bicyclic) bond motifs is 1. The SMILES string of the molecule is NC(=O)Cn1c(SCc2nc3ccccc3[nH]2)nnc1-c1ccco1. The summed E-state index contributed by atoms with van der Waals surface area (Å²) in [4.78, 5) is 19.2. The van der Waals surface area contributed by atoms with Gasteiger partial charge in [-0.15, -0.1) is 10.2 Å². The number of carbonyl (C=O) groups is 1. The molecule has 0 atom stereocenters. The number of H-pyrrole nitrogens is 1. The van der Waals surface area contributed by atoms with Crippen LogP contribution in [0.15, 0.2) is 52.2 Å². The number of para-hydroxylation sites is 2. The molecule has 0 aliphatic rings. The van der Waals surface area contributed by atoms with E-state index in [-0.39, 0.29) is 6.54 Å². The van der Waals surface area contributed by atoms with E-state index >= 15 is 0 Å². The predicted molar refractivity (Wildman–Crippen MR) is 92.6 cm³/mol. The second kappa shape index (κ2) is 6.44. The monoisotopic (exact) mass is 354 g/mol. The first-order valence-electron chi connectivity index (χ1n) is 7.52. The summed E-state index contributed by atoms with van der Waals surface area (Å²) < 4.78 is 7.00. The lowest BCUT2D eigenvalue weighted by Crippen LogP contribution is -2.19. The Morgan fingerprint density at radius 2 is 2.12 bits per heavy atom. The van der Waals surface area contributed by atoms with Crippen LogP contribution in [-0.4, -0.2) is 30.6 Å². The number of primary amides is 1. The second-order valence-corrected chi connectivity index (χ2v) is 6.27. The lowest BCUT2D eigenvalue weighted by molar-refractivity contribution is -0.118. The fourth-order valence-electron chi connectivity index (χ4n) is 2.49. The number of hydrogen-bond acceptors (Lipinski definition) is 6. The Morgan fingerprint density at radius 3 is 2.88 bits per heavy atom. The summed E-state index contributed by atoms with van der Waals surface area (Å²) >= 11 is 1.42. The Bertz CT molecular complexity index is 988. The summed E-state index contributed by atoms with van der Waals surface area (Å²) in [6.07, 6.45) is 1.54. The number of imidazole rings is 1. The van der Waals surface area contributed by atoms with Crippen molar-refractivity contribution in [2.45, 2.75) is 17.5 Å². The second-order valence-electron chi connectivity index (χ2n) is 5.33. The average Bonchev–Trinajstić information content (AvgIpc) is 3.31. The van der Waals surface area contributed by atoms with Gasteiger partial charge in [-0.05, 0) is 24.3 Å². The third-order valence-corrected chi connectivity index (χ3v) is 4.53. The molecule has 0 bridgehead atoms. The minimum absolute atomic E-state index is 0.0223. The highest BCUT2D eigenvalue weighted by Gasteiger charge is 2.18. The van der Waals surface area contributed by atoms with Gasteiger partial charge in [-0.2, -0.15) is 0 Å². The van der Waals surface area contributed by atoms with E-state index in [1.807, 2.05) is 24.3 Å². The van der Waals surface area contributed by atoms with Crippen LogP contribution in [0.25, 0.3) is 22.6 Å². The molecule has 4 aromatic rings. The van der Waals surface area contributed by atoms with Gasteiger partial charge in [0.25, 0.3) is 0 Å². The molecule has 0 aliphatic heterocycles. The number of thioether (sulfide) groups is 1. The van der Waals surface area contributed by atoms with E-state index in [1.165, 1.54) is 11.8 Å². The maximum absolute atomic E-state index is 11.4. The summed E-state index contributed by atoms with van der Waals surface area (Å²) in [7, 11) is 0. The molecule has 0 spiro atoms. The standard InChI is InChI=1S/C16H14N6O2S/c17-13(23)8-22-15(12-6-3-7-24-12)20-21-16(22)25-9-14-18-10-4-1-2-5-11(10)19-14/h1-7H,8-9H2,(H2,17,23)(H,18,19). The van der Waals surface area contributed by atoms with Crippen LogP contribution in [0.2, 0.25) is 0 Å². The van der Waals surface area contributed by atoms with E-state index in [2.05, 4.69) is 20.2 Å². The number of nitrogens with two attached hydrogens (primary N) is 1. The Hall–Kier alpha value is -3.07. The molecule has 3 N–H and O–H groups in total. The number of rotatable bonds is 6. The minimum atomic E-state index is -0.474. The zero-order chi connectivity index (χ0) is 17.2. The smallest absolute Gasteiger partial charge is 0.237 e. The minimum Gasteiger partial charge on any atom is -0.461 e. The molecule has 4 rings (SSSR count). The first kappa shape index (κ1) is 15.5. The van der Waals surface area contributed by atoms with Gasteiger partial charge in [0.15, 0.2) is 10.9 Å². The fraction of sp³-hybridized carbons (Fsp3) is 0.125. The molecule has 0 fully saturated rings. The van der Waals surface area contributed by atoms with E-state index in [0.717, 1.165) is 16.9 Å².